The van der Waals surface area contributed by atoms with Gasteiger partial charge in [-0.25, -0.2) is 0 Å². The largest absolute Gasteiger partial charge is 0.489 e. The molecule has 1 saturated carbocycles. The highest BCUT2D eigenvalue weighted by Gasteiger charge is 2.34. The first-order valence-corrected chi connectivity index (χ1v) is 9.29. The lowest BCUT2D eigenvalue weighted by atomic mass is 10.1. The van der Waals surface area contributed by atoms with Crippen LogP contribution in [0.25, 0.3) is 0 Å². The maximum absolute atomic E-state index is 12.4. The van der Waals surface area contributed by atoms with Gasteiger partial charge in [0, 0.05) is 30.7 Å². The van der Waals surface area contributed by atoms with Crippen LogP contribution in [0.4, 0.5) is 0 Å². The summed E-state index contributed by atoms with van der Waals surface area (Å²) in [5.41, 5.74) is 2.48. The third kappa shape index (κ3) is 3.75. The number of aryl methyl sites for hydroxylation is 2. The molecule has 0 bridgehead atoms. The fraction of sp³-hybridized carbons (Fsp3) is 0.500. The van der Waals surface area contributed by atoms with E-state index in [1.165, 1.54) is 12.8 Å². The SMILES string of the molecule is Cc1noc(C)c1COc1ccc(C(=O)NC2CCN(C3CC3)C2)cc1. The smallest absolute Gasteiger partial charge is 0.251 e. The van der Waals surface area contributed by atoms with Crippen molar-refractivity contribution in [3.63, 3.8) is 0 Å². The average Bonchev–Trinajstić information content (AvgIpc) is 3.31. The van der Waals surface area contributed by atoms with E-state index in [1.807, 2.05) is 38.1 Å². The highest BCUT2D eigenvalue weighted by molar-refractivity contribution is 5.94. The fourth-order valence-corrected chi connectivity index (χ4v) is 3.51. The van der Waals surface area contributed by atoms with Crippen LogP contribution in [0.2, 0.25) is 0 Å². The lowest BCUT2D eigenvalue weighted by Gasteiger charge is -2.16. The summed E-state index contributed by atoms with van der Waals surface area (Å²) < 4.78 is 10.9. The van der Waals surface area contributed by atoms with E-state index in [0.717, 1.165) is 48.3 Å². The van der Waals surface area contributed by atoms with Crippen LogP contribution >= 0.6 is 0 Å². The van der Waals surface area contributed by atoms with Crippen molar-refractivity contribution in [2.75, 3.05) is 13.1 Å². The predicted molar refractivity (Wildman–Crippen MR) is 97.2 cm³/mol. The molecular weight excluding hydrogens is 330 g/mol. The molecule has 26 heavy (non-hydrogen) atoms. The molecule has 1 aliphatic carbocycles. The first kappa shape index (κ1) is 17.1. The van der Waals surface area contributed by atoms with Crippen LogP contribution in [0.3, 0.4) is 0 Å². The van der Waals surface area contributed by atoms with Crippen molar-refractivity contribution in [3.05, 3.63) is 46.8 Å². The quantitative estimate of drug-likeness (QED) is 0.863. The lowest BCUT2D eigenvalue weighted by molar-refractivity contribution is 0.0937. The van der Waals surface area contributed by atoms with Gasteiger partial charge in [-0.1, -0.05) is 5.16 Å². The van der Waals surface area contributed by atoms with E-state index in [9.17, 15) is 4.79 Å². The van der Waals surface area contributed by atoms with E-state index in [2.05, 4.69) is 15.4 Å². The van der Waals surface area contributed by atoms with Crippen molar-refractivity contribution in [3.8, 4) is 5.75 Å². The van der Waals surface area contributed by atoms with Crippen molar-refractivity contribution >= 4 is 5.91 Å². The molecule has 0 radical (unpaired) electrons. The Labute approximate surface area is 153 Å². The molecule has 2 aromatic rings. The molecule has 0 spiro atoms. The molecule has 2 heterocycles. The molecule has 1 saturated heterocycles. The molecule has 1 amide bonds. The van der Waals surface area contributed by atoms with E-state index in [1.54, 1.807) is 0 Å². The minimum absolute atomic E-state index is 0.00933. The second kappa shape index (κ2) is 7.11. The number of likely N-dealkylation sites (tertiary alicyclic amines) is 1. The molecule has 2 aliphatic rings. The number of hydrogen-bond donors (Lipinski definition) is 1. The zero-order valence-electron chi connectivity index (χ0n) is 15.3. The van der Waals surface area contributed by atoms with Crippen LogP contribution in [-0.4, -0.2) is 41.1 Å². The Kier molecular flexibility index (Phi) is 4.68. The monoisotopic (exact) mass is 355 g/mol. The van der Waals surface area contributed by atoms with Crippen LogP contribution in [-0.2, 0) is 6.61 Å². The molecule has 1 atom stereocenters. The van der Waals surface area contributed by atoms with Gasteiger partial charge in [-0.3, -0.25) is 9.69 Å². The summed E-state index contributed by atoms with van der Waals surface area (Å²) in [7, 11) is 0. The van der Waals surface area contributed by atoms with Gasteiger partial charge < -0.3 is 14.6 Å². The van der Waals surface area contributed by atoms with E-state index < -0.39 is 0 Å². The molecule has 4 rings (SSSR count). The molecule has 1 N–H and O–H groups in total. The first-order valence-electron chi connectivity index (χ1n) is 9.29. The number of rotatable bonds is 6. The van der Waals surface area contributed by atoms with Crippen LogP contribution < -0.4 is 10.1 Å². The number of carbonyl (C=O) groups excluding carboxylic acids is 1. The molecule has 1 aromatic carbocycles. The molecule has 2 fully saturated rings. The Morgan fingerprint density at radius 1 is 1.27 bits per heavy atom. The molecule has 138 valence electrons. The zero-order chi connectivity index (χ0) is 18.1. The number of benzene rings is 1. The Morgan fingerprint density at radius 2 is 2.04 bits per heavy atom. The molecule has 1 unspecified atom stereocenters. The van der Waals surface area contributed by atoms with Gasteiger partial charge >= 0.3 is 0 Å². The van der Waals surface area contributed by atoms with Crippen LogP contribution in [0, 0.1) is 13.8 Å². The van der Waals surface area contributed by atoms with Crippen molar-refractivity contribution in [2.24, 2.45) is 0 Å². The van der Waals surface area contributed by atoms with Crippen molar-refractivity contribution in [2.45, 2.75) is 51.8 Å². The third-order valence-electron chi connectivity index (χ3n) is 5.30. The van der Waals surface area contributed by atoms with Gasteiger partial charge in [0.25, 0.3) is 5.91 Å². The Bertz CT molecular complexity index is 761. The molecule has 1 aromatic heterocycles. The minimum Gasteiger partial charge on any atom is -0.489 e. The van der Waals surface area contributed by atoms with Crippen LogP contribution in [0.1, 0.15) is 46.6 Å². The number of aromatic nitrogens is 1. The first-order chi connectivity index (χ1) is 12.6. The zero-order valence-corrected chi connectivity index (χ0v) is 15.3. The maximum Gasteiger partial charge on any atom is 0.251 e. The van der Waals surface area contributed by atoms with Gasteiger partial charge in [0.15, 0.2) is 0 Å². The fourth-order valence-electron chi connectivity index (χ4n) is 3.51. The van der Waals surface area contributed by atoms with Gasteiger partial charge in [0.2, 0.25) is 0 Å². The summed E-state index contributed by atoms with van der Waals surface area (Å²) in [4.78, 5) is 14.9. The van der Waals surface area contributed by atoms with Gasteiger partial charge in [-0.2, -0.15) is 0 Å². The summed E-state index contributed by atoms with van der Waals surface area (Å²) in [5, 5.41) is 7.08. The van der Waals surface area contributed by atoms with Crippen molar-refractivity contribution < 1.29 is 14.1 Å². The molecule has 6 heteroatoms. The number of nitrogens with one attached hydrogen (secondary N) is 1. The highest BCUT2D eigenvalue weighted by Crippen LogP contribution is 2.29. The van der Waals surface area contributed by atoms with Crippen LogP contribution in [0.5, 0.6) is 5.75 Å². The summed E-state index contributed by atoms with van der Waals surface area (Å²) in [6.45, 7) is 6.26. The maximum atomic E-state index is 12.4. The van der Waals surface area contributed by atoms with E-state index in [-0.39, 0.29) is 11.9 Å². The minimum atomic E-state index is -0.00933. The normalized spacial score (nSPS) is 20.3. The van der Waals surface area contributed by atoms with Gasteiger partial charge in [0.05, 0.1) is 11.3 Å². The number of hydrogen-bond acceptors (Lipinski definition) is 5. The van der Waals surface area contributed by atoms with Gasteiger partial charge in [0.1, 0.15) is 18.1 Å². The van der Waals surface area contributed by atoms with Crippen LogP contribution in [0.15, 0.2) is 28.8 Å². The van der Waals surface area contributed by atoms with E-state index >= 15 is 0 Å². The number of nitrogens with zero attached hydrogens (tertiary/aromatic N) is 2. The molecular formula is C20H25N3O3. The molecule has 1 aliphatic heterocycles. The van der Waals surface area contributed by atoms with Crippen molar-refractivity contribution in [1.82, 2.24) is 15.4 Å². The summed E-state index contributed by atoms with van der Waals surface area (Å²) in [6.07, 6.45) is 3.67. The van der Waals surface area contributed by atoms with E-state index in [4.69, 9.17) is 9.26 Å². The Morgan fingerprint density at radius 3 is 2.69 bits per heavy atom. The summed E-state index contributed by atoms with van der Waals surface area (Å²) >= 11 is 0. The highest BCUT2D eigenvalue weighted by atomic mass is 16.5. The summed E-state index contributed by atoms with van der Waals surface area (Å²) in [6, 6.07) is 8.32. The standard InChI is InChI=1S/C20H25N3O3/c1-13-19(14(2)26-22-13)12-25-18-7-3-15(4-8-18)20(24)21-16-9-10-23(11-16)17-5-6-17/h3-4,7-8,16-17H,5-6,9-12H2,1-2H3,(H,21,24). The number of ether oxygens (including phenoxy) is 1. The van der Waals surface area contributed by atoms with Gasteiger partial charge in [-0.15, -0.1) is 0 Å². The van der Waals surface area contributed by atoms with Gasteiger partial charge in [-0.05, 0) is 57.4 Å². The van der Waals surface area contributed by atoms with Crippen molar-refractivity contribution in [1.29, 1.82) is 0 Å². The van der Waals surface area contributed by atoms with E-state index in [0.29, 0.717) is 12.2 Å². The number of amides is 1. The predicted octanol–water partition coefficient (Wildman–Crippen LogP) is 2.84. The Balaban J connectivity index is 1.30. The average molecular weight is 355 g/mol. The third-order valence-corrected chi connectivity index (χ3v) is 5.30. The molecule has 6 nitrogen and oxygen atoms in total. The topological polar surface area (TPSA) is 67.6 Å². The number of carbonyl (C=O) groups is 1. The summed E-state index contributed by atoms with van der Waals surface area (Å²) in [5.74, 6) is 1.49. The second-order valence-corrected chi connectivity index (χ2v) is 7.30. The Hall–Kier alpha value is -2.34. The second-order valence-electron chi connectivity index (χ2n) is 7.30. The lowest BCUT2D eigenvalue weighted by Crippen LogP contribution is -2.37.